The molecule has 2 heterocycles. The van der Waals surface area contributed by atoms with Crippen molar-refractivity contribution in [2.45, 2.75) is 32.4 Å². The van der Waals surface area contributed by atoms with Crippen LogP contribution in [-0.4, -0.2) is 38.8 Å². The van der Waals surface area contributed by atoms with Crippen molar-refractivity contribution < 1.29 is 9.90 Å². The summed E-state index contributed by atoms with van der Waals surface area (Å²) in [5.41, 5.74) is 2.55. The lowest BCUT2D eigenvalue weighted by molar-refractivity contribution is 0.0673. The molecule has 0 saturated carbocycles. The smallest absolute Gasteiger partial charge is 0.253 e. The molecule has 22 heavy (non-hydrogen) atoms. The molecular formula is C17H21N3O2. The Balaban J connectivity index is 1.75. The van der Waals surface area contributed by atoms with Crippen molar-refractivity contribution in [3.63, 3.8) is 0 Å². The van der Waals surface area contributed by atoms with E-state index in [1.165, 1.54) is 0 Å². The van der Waals surface area contributed by atoms with Crippen LogP contribution in [0, 0.1) is 6.92 Å². The molecule has 0 aliphatic carbocycles. The Kier molecular flexibility index (Phi) is 4.24. The van der Waals surface area contributed by atoms with Crippen LogP contribution < -0.4 is 0 Å². The number of amides is 1. The minimum atomic E-state index is -0.0453. The first-order valence-electron chi connectivity index (χ1n) is 7.67. The number of aliphatic hydroxyl groups is 1. The summed E-state index contributed by atoms with van der Waals surface area (Å²) in [5, 5.41) is 13.6. The molecular weight excluding hydrogens is 278 g/mol. The van der Waals surface area contributed by atoms with Gasteiger partial charge in [-0.3, -0.25) is 9.48 Å². The van der Waals surface area contributed by atoms with E-state index in [0.29, 0.717) is 12.1 Å². The first kappa shape index (κ1) is 14.8. The maximum Gasteiger partial charge on any atom is 0.253 e. The number of rotatable bonds is 3. The number of aromatic nitrogens is 2. The van der Waals surface area contributed by atoms with Gasteiger partial charge in [-0.1, -0.05) is 12.1 Å². The van der Waals surface area contributed by atoms with Gasteiger partial charge in [-0.25, -0.2) is 0 Å². The highest BCUT2D eigenvalue weighted by Crippen LogP contribution is 2.23. The minimum Gasteiger partial charge on any atom is -0.392 e. The summed E-state index contributed by atoms with van der Waals surface area (Å²) in [4.78, 5) is 14.6. The van der Waals surface area contributed by atoms with Crippen molar-refractivity contribution in [3.05, 3.63) is 53.3 Å². The number of nitrogens with zero attached hydrogens (tertiary/aromatic N) is 3. The van der Waals surface area contributed by atoms with E-state index in [1.807, 2.05) is 47.1 Å². The number of aryl methyl sites for hydroxylation is 1. The third-order valence-electron chi connectivity index (χ3n) is 4.14. The Labute approximate surface area is 130 Å². The fraction of sp³-hybridized carbons (Fsp3) is 0.412. The Bertz CT molecular complexity index is 665. The van der Waals surface area contributed by atoms with Crippen molar-refractivity contribution in [2.24, 2.45) is 0 Å². The maximum absolute atomic E-state index is 12.7. The third-order valence-corrected chi connectivity index (χ3v) is 4.14. The molecule has 0 bridgehead atoms. The Morgan fingerprint density at radius 3 is 3.05 bits per heavy atom. The zero-order valence-electron chi connectivity index (χ0n) is 12.8. The molecule has 1 aliphatic rings. The summed E-state index contributed by atoms with van der Waals surface area (Å²) < 4.78 is 1.97. The van der Waals surface area contributed by atoms with Gasteiger partial charge >= 0.3 is 0 Å². The normalized spacial score (nSPS) is 18.5. The summed E-state index contributed by atoms with van der Waals surface area (Å²) >= 11 is 0. The topological polar surface area (TPSA) is 58.4 Å². The molecule has 2 aromatic rings. The molecule has 0 spiro atoms. The molecule has 1 atom stereocenters. The van der Waals surface area contributed by atoms with Gasteiger partial charge in [0.1, 0.15) is 0 Å². The van der Waals surface area contributed by atoms with Crippen LogP contribution in [0.1, 0.15) is 40.4 Å². The summed E-state index contributed by atoms with van der Waals surface area (Å²) in [6.07, 6.45) is 5.91. The second-order valence-electron chi connectivity index (χ2n) is 5.90. The first-order valence-corrected chi connectivity index (χ1v) is 7.67. The number of likely N-dealkylation sites (tertiary alicyclic amines) is 1. The van der Waals surface area contributed by atoms with E-state index in [9.17, 15) is 9.90 Å². The zero-order chi connectivity index (χ0) is 15.5. The zero-order valence-corrected chi connectivity index (χ0v) is 12.8. The minimum absolute atomic E-state index is 0.0314. The molecule has 0 radical (unpaired) electrons. The molecule has 1 aromatic carbocycles. The van der Waals surface area contributed by atoms with Gasteiger partial charge in [0.15, 0.2) is 0 Å². The van der Waals surface area contributed by atoms with Crippen molar-refractivity contribution in [2.75, 3.05) is 13.1 Å². The number of hydrogen-bond donors (Lipinski definition) is 1. The lowest BCUT2D eigenvalue weighted by atomic mass is 10.0. The van der Waals surface area contributed by atoms with Crippen molar-refractivity contribution in [1.82, 2.24) is 14.7 Å². The predicted octanol–water partition coefficient (Wildman–Crippen LogP) is 2.16. The number of piperidine rings is 1. The van der Waals surface area contributed by atoms with E-state index in [-0.39, 0.29) is 18.6 Å². The average Bonchev–Trinajstić information content (AvgIpc) is 3.01. The Morgan fingerprint density at radius 2 is 2.32 bits per heavy atom. The van der Waals surface area contributed by atoms with E-state index >= 15 is 0 Å². The van der Waals surface area contributed by atoms with Gasteiger partial charge in [-0.2, -0.15) is 5.10 Å². The van der Waals surface area contributed by atoms with Gasteiger partial charge in [0.2, 0.25) is 0 Å². The molecule has 1 saturated heterocycles. The third kappa shape index (κ3) is 3.04. The van der Waals surface area contributed by atoms with Gasteiger partial charge < -0.3 is 10.0 Å². The highest BCUT2D eigenvalue weighted by molar-refractivity contribution is 5.94. The average molecular weight is 299 g/mol. The summed E-state index contributed by atoms with van der Waals surface area (Å²) in [6, 6.07) is 7.46. The predicted molar refractivity (Wildman–Crippen MR) is 83.5 cm³/mol. The van der Waals surface area contributed by atoms with Crippen LogP contribution in [0.3, 0.4) is 0 Å². The van der Waals surface area contributed by atoms with Gasteiger partial charge in [-0.15, -0.1) is 0 Å². The van der Waals surface area contributed by atoms with Gasteiger partial charge in [0, 0.05) is 24.8 Å². The van der Waals surface area contributed by atoms with Gasteiger partial charge in [0.05, 0.1) is 18.8 Å². The SMILES string of the molecule is Cc1cnn(C2CCCN(C(=O)c3cccc(CO)c3)C2)c1. The van der Waals surface area contributed by atoms with E-state index in [4.69, 9.17) is 0 Å². The lowest BCUT2D eigenvalue weighted by Crippen LogP contribution is -2.40. The summed E-state index contributed by atoms with van der Waals surface area (Å²) in [5.74, 6) is 0.0314. The van der Waals surface area contributed by atoms with Crippen molar-refractivity contribution in [1.29, 1.82) is 0 Å². The molecule has 3 rings (SSSR count). The first-order chi connectivity index (χ1) is 10.7. The van der Waals surface area contributed by atoms with Crippen LogP contribution in [-0.2, 0) is 6.61 Å². The lowest BCUT2D eigenvalue weighted by Gasteiger charge is -2.33. The van der Waals surface area contributed by atoms with Gasteiger partial charge in [0.25, 0.3) is 5.91 Å². The molecule has 5 heteroatoms. The largest absolute Gasteiger partial charge is 0.392 e. The number of hydrogen-bond acceptors (Lipinski definition) is 3. The number of benzene rings is 1. The molecule has 1 aromatic heterocycles. The highest BCUT2D eigenvalue weighted by atomic mass is 16.3. The number of aliphatic hydroxyl groups excluding tert-OH is 1. The van der Waals surface area contributed by atoms with Crippen LogP contribution in [0.25, 0.3) is 0 Å². The second kappa shape index (κ2) is 6.32. The van der Waals surface area contributed by atoms with Crippen LogP contribution in [0.15, 0.2) is 36.7 Å². The highest BCUT2D eigenvalue weighted by Gasteiger charge is 2.25. The molecule has 5 nitrogen and oxygen atoms in total. The molecule has 1 unspecified atom stereocenters. The van der Waals surface area contributed by atoms with E-state index in [1.54, 1.807) is 6.07 Å². The molecule has 1 fully saturated rings. The number of carbonyl (C=O) groups excluding carboxylic acids is 1. The van der Waals surface area contributed by atoms with E-state index < -0.39 is 0 Å². The monoisotopic (exact) mass is 299 g/mol. The Hall–Kier alpha value is -2.14. The van der Waals surface area contributed by atoms with Crippen LogP contribution in [0.5, 0.6) is 0 Å². The Morgan fingerprint density at radius 1 is 1.45 bits per heavy atom. The van der Waals surface area contributed by atoms with Crippen LogP contribution in [0.4, 0.5) is 0 Å². The molecule has 1 amide bonds. The fourth-order valence-corrected chi connectivity index (χ4v) is 2.97. The van der Waals surface area contributed by atoms with Crippen molar-refractivity contribution >= 4 is 5.91 Å². The second-order valence-corrected chi connectivity index (χ2v) is 5.90. The maximum atomic E-state index is 12.7. The number of carbonyl (C=O) groups is 1. The van der Waals surface area contributed by atoms with Crippen LogP contribution >= 0.6 is 0 Å². The molecule has 116 valence electrons. The van der Waals surface area contributed by atoms with Gasteiger partial charge in [-0.05, 0) is 43.0 Å². The quantitative estimate of drug-likeness (QED) is 0.945. The molecule has 1 aliphatic heterocycles. The summed E-state index contributed by atoms with van der Waals surface area (Å²) in [6.45, 7) is 3.44. The summed E-state index contributed by atoms with van der Waals surface area (Å²) in [7, 11) is 0. The van der Waals surface area contributed by atoms with E-state index in [0.717, 1.165) is 30.5 Å². The van der Waals surface area contributed by atoms with Crippen molar-refractivity contribution in [3.8, 4) is 0 Å². The fourth-order valence-electron chi connectivity index (χ4n) is 2.97. The standard InChI is InChI=1S/C17H21N3O2/c1-13-9-18-20(10-13)16-6-3-7-19(11-16)17(22)15-5-2-4-14(8-15)12-21/h2,4-5,8-10,16,21H,3,6-7,11-12H2,1H3. The van der Waals surface area contributed by atoms with E-state index in [2.05, 4.69) is 5.10 Å². The van der Waals surface area contributed by atoms with Crippen LogP contribution in [0.2, 0.25) is 0 Å². The molecule has 1 N–H and O–H groups in total.